The van der Waals surface area contributed by atoms with Crippen molar-refractivity contribution in [2.45, 2.75) is 10.8 Å². The maximum atomic E-state index is 17.0. The van der Waals surface area contributed by atoms with Crippen molar-refractivity contribution in [3.63, 3.8) is 0 Å². The number of hydrogen-bond donors (Lipinski definition) is 0. The first-order chi connectivity index (χ1) is 49.7. The molecule has 2 unspecified atom stereocenters. The molecule has 0 amide bonds. The number of ether oxygens (including phenoxy) is 2. The van der Waals surface area contributed by atoms with E-state index in [1.807, 2.05) is 192 Å². The molecule has 0 radical (unpaired) electrons. The second-order valence-corrected chi connectivity index (χ2v) is 25.1. The Balaban J connectivity index is 0.779. The lowest BCUT2D eigenvalue weighted by atomic mass is 9.67. The van der Waals surface area contributed by atoms with E-state index in [-0.39, 0.29) is 11.1 Å². The SMILES string of the molecule is C=Cc1ccc(Oc2ccc(C3(c4cc(F)c(F)cc4F)c4ccccc4-c4ccc(N(c5ccc(F)cc5)c5ccc(-c6ccc(N(c7ccc(F)cc7)c7ccc8c(c7)C(c7ccc(Oc9ccc(C=C)cc9)cc7)(c7cc(F)c(F)cc7F)c7ccccc7-8)cc6)cc5)cc43)cc2)cc1. The van der Waals surface area contributed by atoms with Gasteiger partial charge in [0.25, 0.3) is 0 Å². The number of rotatable bonds is 17. The molecule has 494 valence electrons. The molecule has 14 aromatic carbocycles. The van der Waals surface area contributed by atoms with Crippen molar-refractivity contribution < 1.29 is 44.6 Å². The van der Waals surface area contributed by atoms with Crippen LogP contribution in [-0.4, -0.2) is 0 Å². The molecular formula is C90H56F8N2O2. The van der Waals surface area contributed by atoms with Crippen molar-refractivity contribution in [1.82, 2.24) is 0 Å². The molecule has 2 aliphatic rings. The van der Waals surface area contributed by atoms with Crippen LogP contribution in [0.2, 0.25) is 0 Å². The van der Waals surface area contributed by atoms with Gasteiger partial charge in [0.15, 0.2) is 23.3 Å². The topological polar surface area (TPSA) is 24.9 Å². The number of benzene rings is 14. The fourth-order valence-electron chi connectivity index (χ4n) is 14.8. The molecule has 0 aromatic heterocycles. The van der Waals surface area contributed by atoms with Crippen LogP contribution in [0.15, 0.2) is 316 Å². The van der Waals surface area contributed by atoms with Gasteiger partial charge in [-0.05, 0) is 236 Å². The Kier molecular flexibility index (Phi) is 16.2. The van der Waals surface area contributed by atoms with E-state index in [0.717, 1.165) is 56.6 Å². The lowest BCUT2D eigenvalue weighted by molar-refractivity contribution is 0.480. The van der Waals surface area contributed by atoms with Crippen LogP contribution in [0.25, 0.3) is 45.5 Å². The van der Waals surface area contributed by atoms with Gasteiger partial charge in [0.2, 0.25) is 0 Å². The number of anilines is 6. The molecule has 2 aliphatic carbocycles. The smallest absolute Gasteiger partial charge is 0.161 e. The van der Waals surface area contributed by atoms with Gasteiger partial charge in [0.1, 0.15) is 46.3 Å². The van der Waals surface area contributed by atoms with Gasteiger partial charge in [0, 0.05) is 57.4 Å². The molecule has 0 heterocycles. The fraction of sp³-hybridized carbons (Fsp3) is 0.0222. The van der Waals surface area contributed by atoms with E-state index in [0.29, 0.717) is 103 Å². The van der Waals surface area contributed by atoms with Crippen molar-refractivity contribution in [1.29, 1.82) is 0 Å². The molecule has 0 bridgehead atoms. The van der Waals surface area contributed by atoms with Crippen LogP contribution in [0.5, 0.6) is 23.0 Å². The maximum absolute atomic E-state index is 17.0. The summed E-state index contributed by atoms with van der Waals surface area (Å²) in [5, 5.41) is 0. The summed E-state index contributed by atoms with van der Waals surface area (Å²) in [6.07, 6.45) is 3.46. The minimum Gasteiger partial charge on any atom is -0.457 e. The molecule has 0 N–H and O–H groups in total. The summed E-state index contributed by atoms with van der Waals surface area (Å²) in [6.45, 7) is 7.67. The van der Waals surface area contributed by atoms with Crippen LogP contribution in [0.4, 0.5) is 69.2 Å². The lowest BCUT2D eigenvalue weighted by Crippen LogP contribution is -2.30. The third-order valence-corrected chi connectivity index (χ3v) is 19.4. The molecule has 4 nitrogen and oxygen atoms in total. The number of hydrogen-bond acceptors (Lipinski definition) is 4. The van der Waals surface area contributed by atoms with Gasteiger partial charge in [0.05, 0.1) is 10.8 Å². The Bertz CT molecular complexity index is 5230. The van der Waals surface area contributed by atoms with Gasteiger partial charge < -0.3 is 19.3 Å². The first kappa shape index (κ1) is 63.9. The van der Waals surface area contributed by atoms with Crippen LogP contribution in [0, 0.1) is 46.5 Å². The van der Waals surface area contributed by atoms with E-state index in [1.54, 1.807) is 84.9 Å². The zero-order valence-corrected chi connectivity index (χ0v) is 54.2. The maximum Gasteiger partial charge on any atom is 0.161 e. The highest BCUT2D eigenvalue weighted by atomic mass is 19.2. The number of halogens is 8. The molecule has 2 atom stereocenters. The average molecular weight is 1350 g/mol. The third kappa shape index (κ3) is 11.0. The van der Waals surface area contributed by atoms with Gasteiger partial charge in [-0.3, -0.25) is 0 Å². The standard InChI is InChI=1S/C90H56F8N2O2/c1-3-55-13-39-69(40-14-55)101-71-43-21-59(22-44-71)89(81-51-85(95)87(97)53-83(81)93)77-11-7-5-9-73(77)75-47-37-67(49-79(75)89)99(65-33-25-61(91)26-34-65)63-29-17-57(18-30-63)58-19-31-64(32-20-58)100(66-35-27-62(92)28-36-66)68-38-48-76-74-10-6-8-12-78(74)90(80(76)50-68,82-52-86(96)88(98)54-84(82)94)60-23-45-72(46-24-60)102-70-41-15-56(4-2)16-42-70/h3-54H,1-2H2. The summed E-state index contributed by atoms with van der Waals surface area (Å²) in [5.41, 5.74) is 10.2. The molecule has 0 aliphatic heterocycles. The Morgan fingerprint density at radius 2 is 0.549 bits per heavy atom. The predicted molar refractivity (Wildman–Crippen MR) is 389 cm³/mol. The third-order valence-electron chi connectivity index (χ3n) is 19.4. The zero-order valence-electron chi connectivity index (χ0n) is 54.2. The summed E-state index contributed by atoms with van der Waals surface area (Å²) >= 11 is 0. The normalized spacial score (nSPS) is 14.6. The first-order valence-corrected chi connectivity index (χ1v) is 32.8. The van der Waals surface area contributed by atoms with Crippen LogP contribution in [-0.2, 0) is 10.8 Å². The van der Waals surface area contributed by atoms with Crippen LogP contribution in [0.3, 0.4) is 0 Å². The van der Waals surface area contributed by atoms with E-state index in [1.165, 1.54) is 24.3 Å². The summed E-state index contributed by atoms with van der Waals surface area (Å²) in [7, 11) is 0. The quantitative estimate of drug-likeness (QED) is 0.0670. The van der Waals surface area contributed by atoms with E-state index in [4.69, 9.17) is 9.47 Å². The van der Waals surface area contributed by atoms with E-state index in [9.17, 15) is 8.78 Å². The summed E-state index contributed by atoms with van der Waals surface area (Å²) in [6, 6.07) is 86.2. The molecule has 16 rings (SSSR count). The van der Waals surface area contributed by atoms with Crippen molar-refractivity contribution in [3.05, 3.63) is 419 Å². The average Bonchev–Trinajstić information content (AvgIpc) is 1.53. The molecule has 0 fully saturated rings. The van der Waals surface area contributed by atoms with E-state index in [2.05, 4.69) is 13.2 Å². The monoisotopic (exact) mass is 1350 g/mol. The summed E-state index contributed by atoms with van der Waals surface area (Å²) in [4.78, 5) is 3.88. The van der Waals surface area contributed by atoms with Crippen molar-refractivity contribution in [3.8, 4) is 56.4 Å². The fourth-order valence-corrected chi connectivity index (χ4v) is 14.8. The Morgan fingerprint density at radius 1 is 0.255 bits per heavy atom. The van der Waals surface area contributed by atoms with Crippen LogP contribution in [0.1, 0.15) is 55.6 Å². The predicted octanol–water partition coefficient (Wildman–Crippen LogP) is 25.0. The van der Waals surface area contributed by atoms with E-state index >= 15 is 26.3 Å². The molecule has 0 saturated carbocycles. The van der Waals surface area contributed by atoms with Crippen molar-refractivity contribution >= 4 is 46.3 Å². The Labute approximate surface area is 583 Å². The second kappa shape index (κ2) is 25.8. The van der Waals surface area contributed by atoms with Gasteiger partial charge in [-0.1, -0.05) is 159 Å². The summed E-state index contributed by atoms with van der Waals surface area (Å²) < 4.78 is 139. The Hall–Kier alpha value is -12.8. The zero-order chi connectivity index (χ0) is 70.0. The summed E-state index contributed by atoms with van der Waals surface area (Å²) in [5.74, 6) is -5.85. The molecule has 12 heteroatoms. The highest BCUT2D eigenvalue weighted by Crippen LogP contribution is 2.60. The minimum atomic E-state index is -1.56. The van der Waals surface area contributed by atoms with Crippen molar-refractivity contribution in [2.75, 3.05) is 9.80 Å². The molecule has 102 heavy (non-hydrogen) atoms. The Morgan fingerprint density at radius 3 is 0.892 bits per heavy atom. The van der Waals surface area contributed by atoms with Gasteiger partial charge >= 0.3 is 0 Å². The number of nitrogens with zero attached hydrogens (tertiary/aromatic N) is 2. The number of fused-ring (bicyclic) bond motifs is 6. The van der Waals surface area contributed by atoms with Gasteiger partial charge in [-0.25, -0.2) is 35.1 Å². The van der Waals surface area contributed by atoms with Crippen LogP contribution < -0.4 is 19.3 Å². The van der Waals surface area contributed by atoms with Gasteiger partial charge in [-0.15, -0.1) is 0 Å². The minimum absolute atomic E-state index is 0.115. The second-order valence-electron chi connectivity index (χ2n) is 25.1. The first-order valence-electron chi connectivity index (χ1n) is 32.8. The van der Waals surface area contributed by atoms with Crippen molar-refractivity contribution in [2.24, 2.45) is 0 Å². The molecule has 0 spiro atoms. The van der Waals surface area contributed by atoms with E-state index < -0.39 is 57.4 Å². The molecule has 0 saturated heterocycles. The lowest BCUT2D eigenvalue weighted by Gasteiger charge is -2.35. The molecular weight excluding hydrogens is 1290 g/mol. The highest BCUT2D eigenvalue weighted by Gasteiger charge is 2.50. The highest BCUT2D eigenvalue weighted by molar-refractivity contribution is 5.92. The molecule has 14 aromatic rings. The largest absolute Gasteiger partial charge is 0.457 e. The van der Waals surface area contributed by atoms with Crippen LogP contribution >= 0.6 is 0 Å². The van der Waals surface area contributed by atoms with Gasteiger partial charge in [-0.2, -0.15) is 0 Å².